The van der Waals surface area contributed by atoms with Crippen molar-refractivity contribution in [3.05, 3.63) is 20.6 Å². The van der Waals surface area contributed by atoms with Gasteiger partial charge in [-0.1, -0.05) is 36.2 Å². The van der Waals surface area contributed by atoms with Crippen LogP contribution in [0.1, 0.15) is 18.2 Å². The van der Waals surface area contributed by atoms with Crippen LogP contribution in [0.2, 0.25) is 9.62 Å². The third kappa shape index (κ3) is 3.96. The molecule has 1 N–H and O–H groups in total. The number of thiazole rings is 1. The molecule has 0 bridgehead atoms. The maximum atomic E-state index is 5.83. The van der Waals surface area contributed by atoms with E-state index in [1.165, 1.54) is 11.3 Å². The van der Waals surface area contributed by atoms with Crippen molar-refractivity contribution in [3.63, 3.8) is 0 Å². The lowest BCUT2D eigenvalue weighted by molar-refractivity contribution is 0.730. The maximum Gasteiger partial charge on any atom is 0.185 e. The average molecular weight is 251 g/mol. The van der Waals surface area contributed by atoms with Gasteiger partial charge in [0.1, 0.15) is 5.15 Å². The van der Waals surface area contributed by atoms with Crippen molar-refractivity contribution in [1.82, 2.24) is 10.3 Å². The van der Waals surface area contributed by atoms with Crippen molar-refractivity contribution < 1.29 is 0 Å². The third-order valence-corrected chi connectivity index (χ3v) is 3.07. The molecule has 2 nitrogen and oxygen atoms in total. The highest BCUT2D eigenvalue weighted by Gasteiger charge is 2.03. The summed E-state index contributed by atoms with van der Waals surface area (Å²) < 4.78 is 0.483. The van der Waals surface area contributed by atoms with Crippen molar-refractivity contribution in [2.24, 2.45) is 0 Å². The summed E-state index contributed by atoms with van der Waals surface area (Å²) in [6.45, 7) is 4.01. The fourth-order valence-corrected chi connectivity index (χ4v) is 2.22. The smallest absolute Gasteiger partial charge is 0.185 e. The van der Waals surface area contributed by atoms with Gasteiger partial charge in [-0.05, 0) is 19.0 Å². The molecular formula is C9H12Cl2N2S. The van der Waals surface area contributed by atoms with Gasteiger partial charge in [0.15, 0.2) is 4.47 Å². The quantitative estimate of drug-likeness (QED) is 0.810. The summed E-state index contributed by atoms with van der Waals surface area (Å²) in [4.78, 5) is 4.82. The van der Waals surface area contributed by atoms with E-state index < -0.39 is 0 Å². The van der Waals surface area contributed by atoms with Crippen LogP contribution in [0.4, 0.5) is 0 Å². The Hall–Kier alpha value is -0.0900. The van der Waals surface area contributed by atoms with E-state index in [4.69, 9.17) is 23.2 Å². The number of nitrogens with zero attached hydrogens (tertiary/aromatic N) is 1. The highest BCUT2D eigenvalue weighted by atomic mass is 35.5. The SMILES string of the molecule is CCCNCC=Cc1sc(Cl)nc1Cl. The van der Waals surface area contributed by atoms with Gasteiger partial charge in [0, 0.05) is 6.54 Å². The summed E-state index contributed by atoms with van der Waals surface area (Å²) in [7, 11) is 0. The van der Waals surface area contributed by atoms with Gasteiger partial charge in [0.2, 0.25) is 0 Å². The Morgan fingerprint density at radius 2 is 2.29 bits per heavy atom. The lowest BCUT2D eigenvalue weighted by Crippen LogP contribution is -2.13. The van der Waals surface area contributed by atoms with Crippen LogP contribution in [0.3, 0.4) is 0 Å². The molecule has 1 aromatic heterocycles. The number of rotatable bonds is 5. The molecule has 14 heavy (non-hydrogen) atoms. The molecule has 5 heteroatoms. The van der Waals surface area contributed by atoms with Crippen LogP contribution < -0.4 is 5.32 Å². The van der Waals surface area contributed by atoms with Crippen LogP contribution >= 0.6 is 34.5 Å². The topological polar surface area (TPSA) is 24.9 Å². The predicted molar refractivity (Wildman–Crippen MR) is 64.3 cm³/mol. The van der Waals surface area contributed by atoms with E-state index in [1.807, 2.05) is 12.2 Å². The molecule has 1 heterocycles. The molecule has 0 radical (unpaired) electrons. The highest BCUT2D eigenvalue weighted by Crippen LogP contribution is 2.27. The van der Waals surface area contributed by atoms with Gasteiger partial charge in [-0.15, -0.1) is 11.3 Å². The number of halogens is 2. The fraction of sp³-hybridized carbons (Fsp3) is 0.444. The molecule has 0 saturated carbocycles. The molecule has 0 spiro atoms. The van der Waals surface area contributed by atoms with E-state index in [0.717, 1.165) is 24.4 Å². The van der Waals surface area contributed by atoms with Crippen LogP contribution in [0.5, 0.6) is 0 Å². The Labute approximate surface area is 97.9 Å². The summed E-state index contributed by atoms with van der Waals surface area (Å²) in [6, 6.07) is 0. The maximum absolute atomic E-state index is 5.83. The summed E-state index contributed by atoms with van der Waals surface area (Å²) in [6.07, 6.45) is 5.10. The Bertz CT molecular complexity index is 310. The normalized spacial score (nSPS) is 11.4. The van der Waals surface area contributed by atoms with Gasteiger partial charge in [-0.2, -0.15) is 0 Å². The summed E-state index contributed by atoms with van der Waals surface area (Å²) in [5.41, 5.74) is 0. The number of nitrogens with one attached hydrogen (secondary N) is 1. The van der Waals surface area contributed by atoms with Crippen LogP contribution in [-0.4, -0.2) is 18.1 Å². The van der Waals surface area contributed by atoms with Gasteiger partial charge < -0.3 is 5.32 Å². The van der Waals surface area contributed by atoms with Crippen molar-refractivity contribution in [1.29, 1.82) is 0 Å². The van der Waals surface area contributed by atoms with Gasteiger partial charge in [-0.3, -0.25) is 0 Å². The Balaban J connectivity index is 2.39. The standard InChI is InChI=1S/C9H12Cl2N2S/c1-2-5-12-6-3-4-7-8(10)13-9(11)14-7/h3-4,12H,2,5-6H2,1H3. The van der Waals surface area contributed by atoms with Gasteiger partial charge in [0.05, 0.1) is 4.88 Å². The molecule has 0 aliphatic heterocycles. The second-order valence-corrected chi connectivity index (χ2v) is 4.70. The molecule has 0 aromatic carbocycles. The molecule has 78 valence electrons. The third-order valence-electron chi connectivity index (χ3n) is 1.54. The first-order chi connectivity index (χ1) is 6.74. The van der Waals surface area contributed by atoms with E-state index in [-0.39, 0.29) is 0 Å². The van der Waals surface area contributed by atoms with Crippen molar-refractivity contribution in [3.8, 4) is 0 Å². The molecular weight excluding hydrogens is 239 g/mol. The molecule has 1 rings (SSSR count). The van der Waals surface area contributed by atoms with Crippen molar-refractivity contribution in [2.45, 2.75) is 13.3 Å². The fourth-order valence-electron chi connectivity index (χ4n) is 0.919. The molecule has 0 unspecified atom stereocenters. The zero-order valence-electron chi connectivity index (χ0n) is 7.89. The largest absolute Gasteiger partial charge is 0.313 e. The van der Waals surface area contributed by atoms with Gasteiger partial charge >= 0.3 is 0 Å². The lowest BCUT2D eigenvalue weighted by atomic mass is 10.4. The van der Waals surface area contributed by atoms with E-state index in [2.05, 4.69) is 17.2 Å². The molecule has 0 aliphatic rings. The zero-order valence-corrected chi connectivity index (χ0v) is 10.2. The second kappa shape index (κ2) is 6.40. The molecule has 0 atom stereocenters. The average Bonchev–Trinajstić information content (AvgIpc) is 2.45. The van der Waals surface area contributed by atoms with Crippen molar-refractivity contribution >= 4 is 40.6 Å². The molecule has 0 aliphatic carbocycles. The second-order valence-electron chi connectivity index (χ2n) is 2.73. The minimum absolute atomic E-state index is 0.478. The van der Waals surface area contributed by atoms with Gasteiger partial charge in [0.25, 0.3) is 0 Å². The Morgan fingerprint density at radius 1 is 1.50 bits per heavy atom. The molecule has 1 aromatic rings. The minimum Gasteiger partial charge on any atom is -0.313 e. The first-order valence-electron chi connectivity index (χ1n) is 4.43. The Kier molecular flexibility index (Phi) is 5.48. The first kappa shape index (κ1) is 12.0. The monoisotopic (exact) mass is 250 g/mol. The van der Waals surface area contributed by atoms with E-state index in [9.17, 15) is 0 Å². The van der Waals surface area contributed by atoms with E-state index in [1.54, 1.807) is 0 Å². The predicted octanol–water partition coefficient (Wildman–Crippen LogP) is 3.46. The number of hydrogen-bond donors (Lipinski definition) is 1. The number of aromatic nitrogens is 1. The zero-order chi connectivity index (χ0) is 10.4. The van der Waals surface area contributed by atoms with E-state index >= 15 is 0 Å². The summed E-state index contributed by atoms with van der Waals surface area (Å²) >= 11 is 12.9. The van der Waals surface area contributed by atoms with Crippen LogP contribution in [0.25, 0.3) is 6.08 Å². The Morgan fingerprint density at radius 3 is 2.86 bits per heavy atom. The summed E-state index contributed by atoms with van der Waals surface area (Å²) in [5.74, 6) is 0. The van der Waals surface area contributed by atoms with Crippen LogP contribution in [0, 0.1) is 0 Å². The molecule has 0 amide bonds. The number of hydrogen-bond acceptors (Lipinski definition) is 3. The molecule has 0 fully saturated rings. The summed E-state index contributed by atoms with van der Waals surface area (Å²) in [5, 5.41) is 3.73. The van der Waals surface area contributed by atoms with E-state index in [0.29, 0.717) is 9.62 Å². The van der Waals surface area contributed by atoms with Gasteiger partial charge in [-0.25, -0.2) is 4.98 Å². The highest BCUT2D eigenvalue weighted by molar-refractivity contribution is 7.17. The van der Waals surface area contributed by atoms with Crippen LogP contribution in [-0.2, 0) is 0 Å². The lowest BCUT2D eigenvalue weighted by Gasteiger charge is -1.95. The van der Waals surface area contributed by atoms with Crippen LogP contribution in [0.15, 0.2) is 6.08 Å². The minimum atomic E-state index is 0.478. The first-order valence-corrected chi connectivity index (χ1v) is 6.00. The molecule has 0 saturated heterocycles. The van der Waals surface area contributed by atoms with Crippen molar-refractivity contribution in [2.75, 3.05) is 13.1 Å².